The zero-order chi connectivity index (χ0) is 22.1. The van der Waals surface area contributed by atoms with Gasteiger partial charge < -0.3 is 10.2 Å². The summed E-state index contributed by atoms with van der Waals surface area (Å²) in [5, 5.41) is 20.9. The van der Waals surface area contributed by atoms with E-state index in [-0.39, 0.29) is 16.7 Å². The second-order valence-corrected chi connectivity index (χ2v) is 12.0. The van der Waals surface area contributed by atoms with Crippen LogP contribution in [0.25, 0.3) is 0 Å². The molecule has 0 spiro atoms. The maximum atomic E-state index is 13.2. The van der Waals surface area contributed by atoms with E-state index in [1.807, 2.05) is 0 Å². The molecule has 5 heteroatoms. The van der Waals surface area contributed by atoms with Crippen LogP contribution in [-0.4, -0.2) is 28.1 Å². The van der Waals surface area contributed by atoms with Crippen molar-refractivity contribution >= 4 is 0 Å². The van der Waals surface area contributed by atoms with Gasteiger partial charge in [0.25, 0.3) is 0 Å². The molecule has 0 aromatic rings. The van der Waals surface area contributed by atoms with Crippen molar-refractivity contribution in [3.05, 3.63) is 0 Å². The van der Waals surface area contributed by atoms with Crippen LogP contribution in [0.15, 0.2) is 0 Å². The first-order chi connectivity index (χ1) is 13.9. The summed E-state index contributed by atoms with van der Waals surface area (Å²) in [5.74, 6) is 1.49. The number of aliphatic hydroxyl groups is 2. The van der Waals surface area contributed by atoms with Crippen molar-refractivity contribution in [2.75, 3.05) is 0 Å². The van der Waals surface area contributed by atoms with Crippen LogP contribution in [-0.2, 0) is 0 Å². The Bertz CT molecular complexity index is 651. The molecule has 2 N–H and O–H groups in total. The number of rotatable bonds is 3. The Morgan fingerprint density at radius 1 is 0.933 bits per heavy atom. The lowest BCUT2D eigenvalue weighted by Gasteiger charge is -2.62. The van der Waals surface area contributed by atoms with E-state index in [1.165, 1.54) is 0 Å². The molecule has 0 bridgehead atoms. The number of fused-ring (bicyclic) bond motifs is 5. The fourth-order valence-electron chi connectivity index (χ4n) is 9.07. The lowest BCUT2D eigenvalue weighted by molar-refractivity contribution is -0.228. The Morgan fingerprint density at radius 2 is 1.60 bits per heavy atom. The van der Waals surface area contributed by atoms with Crippen molar-refractivity contribution in [1.82, 2.24) is 0 Å². The Hall–Kier alpha value is -0.290. The van der Waals surface area contributed by atoms with Gasteiger partial charge in [0, 0.05) is 0 Å². The van der Waals surface area contributed by atoms with E-state index in [0.29, 0.717) is 23.7 Å². The molecule has 0 aromatic carbocycles. The maximum absolute atomic E-state index is 13.2. The highest BCUT2D eigenvalue weighted by Crippen LogP contribution is 2.69. The molecule has 0 heterocycles. The van der Waals surface area contributed by atoms with Crippen molar-refractivity contribution in [2.45, 2.75) is 110 Å². The van der Waals surface area contributed by atoms with Gasteiger partial charge in [0.1, 0.15) is 0 Å². The SMILES string of the molecule is CC[C@]1(O)CC[C@@]2(C)[C@@H](CC[C@@H]3[C@@H]2CC[C@]2(C)[C@@H](C(C)C(O)C(F)(F)F)CC[C@@H]32)C1. The number of hydrogen-bond acceptors (Lipinski definition) is 2. The second kappa shape index (κ2) is 7.37. The van der Waals surface area contributed by atoms with Gasteiger partial charge in [-0.2, -0.15) is 13.2 Å². The molecule has 4 rings (SSSR count). The molecule has 4 aliphatic carbocycles. The lowest BCUT2D eigenvalue weighted by atomic mass is 9.43. The predicted octanol–water partition coefficient (Wildman–Crippen LogP) is 6.35. The fraction of sp³-hybridized carbons (Fsp3) is 1.00. The number of aliphatic hydroxyl groups excluding tert-OH is 1. The van der Waals surface area contributed by atoms with Crippen LogP contribution in [0, 0.1) is 46.3 Å². The molecule has 10 atom stereocenters. The van der Waals surface area contributed by atoms with Gasteiger partial charge in [0.15, 0.2) is 6.10 Å². The molecular formula is C25H41F3O2. The third-order valence-corrected chi connectivity index (χ3v) is 11.0. The van der Waals surface area contributed by atoms with Crippen LogP contribution in [0.4, 0.5) is 13.2 Å². The van der Waals surface area contributed by atoms with Crippen molar-refractivity contribution in [3.63, 3.8) is 0 Å². The van der Waals surface area contributed by atoms with Gasteiger partial charge in [-0.1, -0.05) is 27.7 Å². The third-order valence-electron chi connectivity index (χ3n) is 11.0. The monoisotopic (exact) mass is 430 g/mol. The first-order valence-electron chi connectivity index (χ1n) is 12.3. The average Bonchev–Trinajstić information content (AvgIpc) is 3.04. The Morgan fingerprint density at radius 3 is 2.23 bits per heavy atom. The van der Waals surface area contributed by atoms with Gasteiger partial charge in [0.05, 0.1) is 5.60 Å². The topological polar surface area (TPSA) is 40.5 Å². The Balaban J connectivity index is 1.54. The highest BCUT2D eigenvalue weighted by atomic mass is 19.4. The van der Waals surface area contributed by atoms with Crippen molar-refractivity contribution in [2.24, 2.45) is 46.3 Å². The molecule has 0 amide bonds. The van der Waals surface area contributed by atoms with Crippen molar-refractivity contribution in [1.29, 1.82) is 0 Å². The molecule has 4 fully saturated rings. The van der Waals surface area contributed by atoms with Crippen LogP contribution < -0.4 is 0 Å². The van der Waals surface area contributed by atoms with E-state index in [9.17, 15) is 23.4 Å². The van der Waals surface area contributed by atoms with Crippen molar-refractivity contribution < 1.29 is 23.4 Å². The van der Waals surface area contributed by atoms with Gasteiger partial charge >= 0.3 is 6.18 Å². The van der Waals surface area contributed by atoms with Crippen LogP contribution in [0.1, 0.15) is 91.9 Å². The number of alkyl halides is 3. The number of hydrogen-bond donors (Lipinski definition) is 2. The van der Waals surface area contributed by atoms with Gasteiger partial charge in [-0.25, -0.2) is 0 Å². The molecule has 4 saturated carbocycles. The van der Waals surface area contributed by atoms with E-state index in [2.05, 4.69) is 20.8 Å². The summed E-state index contributed by atoms with van der Waals surface area (Å²) in [7, 11) is 0. The molecule has 0 radical (unpaired) electrons. The van der Waals surface area contributed by atoms with E-state index < -0.39 is 23.8 Å². The summed E-state index contributed by atoms with van der Waals surface area (Å²) in [6.45, 7) is 8.40. The maximum Gasteiger partial charge on any atom is 0.414 e. The van der Waals surface area contributed by atoms with Gasteiger partial charge in [-0.3, -0.25) is 0 Å². The van der Waals surface area contributed by atoms with Gasteiger partial charge in [-0.05, 0) is 111 Å². The van der Waals surface area contributed by atoms with Gasteiger partial charge in [-0.15, -0.1) is 0 Å². The van der Waals surface area contributed by atoms with Crippen LogP contribution >= 0.6 is 0 Å². The fourth-order valence-corrected chi connectivity index (χ4v) is 9.07. The zero-order valence-corrected chi connectivity index (χ0v) is 19.1. The van der Waals surface area contributed by atoms with Gasteiger partial charge in [0.2, 0.25) is 0 Å². The first-order valence-corrected chi connectivity index (χ1v) is 12.3. The highest BCUT2D eigenvalue weighted by Gasteiger charge is 2.62. The molecule has 0 aromatic heterocycles. The summed E-state index contributed by atoms with van der Waals surface area (Å²) in [4.78, 5) is 0. The summed E-state index contributed by atoms with van der Waals surface area (Å²) >= 11 is 0. The lowest BCUT2D eigenvalue weighted by Crippen LogP contribution is -2.56. The standard InChI is InChI=1S/C25H41F3O2/c1-5-24(30)13-12-22(3)16(14-24)6-7-17-19-9-8-18(15(2)21(29)25(26,27)28)23(19,4)11-10-20(17)22/h15-21,29-30H,5-14H2,1-4H3/t15?,16-,17-,18+,19-,20-,21?,22-,23+,24-/m0/s1. The molecule has 0 saturated heterocycles. The molecule has 4 aliphatic rings. The quantitative estimate of drug-likeness (QED) is 0.548. The third kappa shape index (κ3) is 3.36. The first kappa shape index (κ1) is 22.9. The average molecular weight is 431 g/mol. The Kier molecular flexibility index (Phi) is 5.62. The molecule has 0 aliphatic heterocycles. The largest absolute Gasteiger partial charge is 0.414 e. The van der Waals surface area contributed by atoms with Crippen LogP contribution in [0.5, 0.6) is 0 Å². The summed E-state index contributed by atoms with van der Waals surface area (Å²) < 4.78 is 39.7. The molecule has 2 nitrogen and oxygen atoms in total. The minimum Gasteiger partial charge on any atom is -0.390 e. The molecular weight excluding hydrogens is 389 g/mol. The smallest absolute Gasteiger partial charge is 0.390 e. The Labute approximate surface area is 180 Å². The van der Waals surface area contributed by atoms with E-state index >= 15 is 0 Å². The molecule has 30 heavy (non-hydrogen) atoms. The minimum atomic E-state index is -4.53. The summed E-state index contributed by atoms with van der Waals surface area (Å²) in [6.07, 6.45) is 3.19. The predicted molar refractivity (Wildman–Crippen MR) is 112 cm³/mol. The molecule has 174 valence electrons. The van der Waals surface area contributed by atoms with E-state index in [1.54, 1.807) is 6.92 Å². The highest BCUT2D eigenvalue weighted by molar-refractivity contribution is 5.11. The summed E-state index contributed by atoms with van der Waals surface area (Å²) in [6, 6.07) is 0. The van der Waals surface area contributed by atoms with Crippen LogP contribution in [0.2, 0.25) is 0 Å². The zero-order valence-electron chi connectivity index (χ0n) is 19.1. The molecule has 2 unspecified atom stereocenters. The summed E-state index contributed by atoms with van der Waals surface area (Å²) in [5.41, 5.74) is -0.322. The number of halogens is 3. The normalized spacial score (nSPS) is 50.9. The minimum absolute atomic E-state index is 0.0536. The van der Waals surface area contributed by atoms with Crippen molar-refractivity contribution in [3.8, 4) is 0 Å². The van der Waals surface area contributed by atoms with E-state index in [4.69, 9.17) is 0 Å². The second-order valence-electron chi connectivity index (χ2n) is 12.0. The van der Waals surface area contributed by atoms with Crippen LogP contribution in [0.3, 0.4) is 0 Å². The van der Waals surface area contributed by atoms with E-state index in [0.717, 1.165) is 64.2 Å².